The molecule has 32 heavy (non-hydrogen) atoms. The van der Waals surface area contributed by atoms with Gasteiger partial charge in [-0.3, -0.25) is 9.78 Å². The van der Waals surface area contributed by atoms with Gasteiger partial charge in [-0.05, 0) is 72.2 Å². The van der Waals surface area contributed by atoms with Gasteiger partial charge in [0.1, 0.15) is 0 Å². The second-order valence-corrected chi connectivity index (χ2v) is 7.87. The van der Waals surface area contributed by atoms with Crippen molar-refractivity contribution in [2.24, 2.45) is 0 Å². The minimum Gasteiger partial charge on any atom is -0.348 e. The summed E-state index contributed by atoms with van der Waals surface area (Å²) in [6, 6.07) is 17.9. The number of hydrogen-bond donors (Lipinski definition) is 1. The van der Waals surface area contributed by atoms with Crippen LogP contribution in [-0.4, -0.2) is 31.1 Å². The van der Waals surface area contributed by atoms with Crippen LogP contribution in [-0.2, 0) is 13.0 Å². The summed E-state index contributed by atoms with van der Waals surface area (Å²) in [5.41, 5.74) is 7.30. The van der Waals surface area contributed by atoms with E-state index in [1.807, 2.05) is 51.1 Å². The van der Waals surface area contributed by atoms with Crippen LogP contribution in [0.4, 0.5) is 0 Å². The van der Waals surface area contributed by atoms with Gasteiger partial charge in [0.2, 0.25) is 0 Å². The predicted octanol–water partition coefficient (Wildman–Crippen LogP) is 4.14. The zero-order chi connectivity index (χ0) is 22.7. The molecule has 2 aromatic carbocycles. The SMILES string of the molecule is CCc1nnnn1-c1cc(C(=O)NCc2ccc(C)nc2C)cc(-c2ccc(C)cc2)c1. The van der Waals surface area contributed by atoms with Gasteiger partial charge in [-0.2, -0.15) is 4.68 Å². The van der Waals surface area contributed by atoms with Crippen molar-refractivity contribution in [1.29, 1.82) is 0 Å². The molecule has 0 atom stereocenters. The minimum atomic E-state index is -0.161. The van der Waals surface area contributed by atoms with Crippen LogP contribution in [0.1, 0.15) is 45.6 Å². The van der Waals surface area contributed by atoms with E-state index in [0.29, 0.717) is 18.5 Å². The molecule has 0 unspecified atom stereocenters. The summed E-state index contributed by atoms with van der Waals surface area (Å²) in [6.07, 6.45) is 0.684. The molecule has 0 aliphatic heterocycles. The Bertz CT molecular complexity index is 1260. The number of nitrogens with one attached hydrogen (secondary N) is 1. The summed E-state index contributed by atoms with van der Waals surface area (Å²) < 4.78 is 1.68. The standard InChI is InChI=1S/C25H26N6O/c1-5-24-28-29-30-31(24)23-13-21(19-9-6-16(2)7-10-19)12-22(14-23)25(32)26-15-20-11-8-17(3)27-18(20)4/h6-14H,5,15H2,1-4H3,(H,26,32). The molecule has 2 heterocycles. The van der Waals surface area contributed by atoms with Crippen LogP contribution < -0.4 is 5.32 Å². The Morgan fingerprint density at radius 1 is 0.969 bits per heavy atom. The molecule has 2 aromatic heterocycles. The highest BCUT2D eigenvalue weighted by Crippen LogP contribution is 2.25. The summed E-state index contributed by atoms with van der Waals surface area (Å²) in [5.74, 6) is 0.574. The van der Waals surface area contributed by atoms with Crippen LogP contribution in [0.3, 0.4) is 0 Å². The molecule has 1 amide bonds. The topological polar surface area (TPSA) is 85.6 Å². The molecule has 0 aliphatic carbocycles. The number of amides is 1. The number of aryl methyl sites for hydroxylation is 4. The van der Waals surface area contributed by atoms with E-state index >= 15 is 0 Å². The maximum atomic E-state index is 13.1. The van der Waals surface area contributed by atoms with Crippen LogP contribution in [0.25, 0.3) is 16.8 Å². The summed E-state index contributed by atoms with van der Waals surface area (Å²) in [6.45, 7) is 8.37. The highest BCUT2D eigenvalue weighted by atomic mass is 16.1. The first-order chi connectivity index (χ1) is 15.4. The Kier molecular flexibility index (Phi) is 6.07. The highest BCUT2D eigenvalue weighted by molar-refractivity contribution is 5.96. The van der Waals surface area contributed by atoms with Crippen LogP contribution in [0.15, 0.2) is 54.6 Å². The first-order valence-corrected chi connectivity index (χ1v) is 10.7. The van der Waals surface area contributed by atoms with Crippen molar-refractivity contribution < 1.29 is 4.79 Å². The molecular formula is C25H26N6O. The third-order valence-corrected chi connectivity index (χ3v) is 5.43. The Morgan fingerprint density at radius 2 is 1.75 bits per heavy atom. The number of benzene rings is 2. The zero-order valence-corrected chi connectivity index (χ0v) is 18.8. The zero-order valence-electron chi connectivity index (χ0n) is 18.8. The fourth-order valence-corrected chi connectivity index (χ4v) is 3.58. The lowest BCUT2D eigenvalue weighted by molar-refractivity contribution is 0.0951. The van der Waals surface area contributed by atoms with Crippen molar-refractivity contribution in [1.82, 2.24) is 30.5 Å². The fraction of sp³-hybridized carbons (Fsp3) is 0.240. The van der Waals surface area contributed by atoms with Crippen LogP contribution in [0.2, 0.25) is 0 Å². The van der Waals surface area contributed by atoms with E-state index in [1.54, 1.807) is 4.68 Å². The molecule has 0 fully saturated rings. The Balaban J connectivity index is 1.69. The summed E-state index contributed by atoms with van der Waals surface area (Å²) in [4.78, 5) is 17.6. The van der Waals surface area contributed by atoms with Gasteiger partial charge in [0.15, 0.2) is 5.82 Å². The number of carbonyl (C=O) groups excluding carboxylic acids is 1. The Hall–Kier alpha value is -3.87. The number of tetrazole rings is 1. The average molecular weight is 427 g/mol. The van der Waals surface area contributed by atoms with Crippen molar-refractivity contribution in [2.75, 3.05) is 0 Å². The smallest absolute Gasteiger partial charge is 0.251 e. The monoisotopic (exact) mass is 426 g/mol. The number of carbonyl (C=O) groups is 1. The average Bonchev–Trinajstić information content (AvgIpc) is 3.27. The van der Waals surface area contributed by atoms with Crippen molar-refractivity contribution in [3.63, 3.8) is 0 Å². The van der Waals surface area contributed by atoms with E-state index in [0.717, 1.165) is 39.6 Å². The number of pyridine rings is 1. The van der Waals surface area contributed by atoms with E-state index < -0.39 is 0 Å². The summed E-state index contributed by atoms with van der Waals surface area (Å²) >= 11 is 0. The second kappa shape index (κ2) is 9.09. The maximum absolute atomic E-state index is 13.1. The maximum Gasteiger partial charge on any atom is 0.251 e. The fourth-order valence-electron chi connectivity index (χ4n) is 3.58. The Morgan fingerprint density at radius 3 is 2.47 bits per heavy atom. The van der Waals surface area contributed by atoms with Gasteiger partial charge in [-0.25, -0.2) is 0 Å². The number of aromatic nitrogens is 5. The lowest BCUT2D eigenvalue weighted by Gasteiger charge is -2.12. The minimum absolute atomic E-state index is 0.161. The Labute approximate surface area is 187 Å². The van der Waals surface area contributed by atoms with Crippen LogP contribution >= 0.6 is 0 Å². The number of rotatable bonds is 6. The molecule has 7 nitrogen and oxygen atoms in total. The van der Waals surface area contributed by atoms with Crippen LogP contribution in [0.5, 0.6) is 0 Å². The van der Waals surface area contributed by atoms with Gasteiger partial charge in [-0.1, -0.05) is 42.8 Å². The number of nitrogens with zero attached hydrogens (tertiary/aromatic N) is 5. The third kappa shape index (κ3) is 4.56. The molecule has 4 aromatic rings. The van der Waals surface area contributed by atoms with Gasteiger partial charge < -0.3 is 5.32 Å². The molecule has 0 aliphatic rings. The molecule has 0 saturated heterocycles. The van der Waals surface area contributed by atoms with Crippen molar-refractivity contribution in [3.05, 3.63) is 88.5 Å². The van der Waals surface area contributed by atoms with Crippen molar-refractivity contribution in [3.8, 4) is 16.8 Å². The van der Waals surface area contributed by atoms with Gasteiger partial charge in [0, 0.05) is 29.9 Å². The lowest BCUT2D eigenvalue weighted by atomic mass is 10.0. The van der Waals surface area contributed by atoms with Gasteiger partial charge in [0.05, 0.1) is 5.69 Å². The van der Waals surface area contributed by atoms with Crippen molar-refractivity contribution >= 4 is 5.91 Å². The molecule has 0 radical (unpaired) electrons. The normalized spacial score (nSPS) is 10.9. The number of hydrogen-bond acceptors (Lipinski definition) is 5. The first kappa shape index (κ1) is 21.4. The molecular weight excluding hydrogens is 400 g/mol. The summed E-state index contributed by atoms with van der Waals surface area (Å²) in [7, 11) is 0. The molecule has 162 valence electrons. The van der Waals surface area contributed by atoms with E-state index in [-0.39, 0.29) is 5.91 Å². The van der Waals surface area contributed by atoms with Gasteiger partial charge in [-0.15, -0.1) is 5.10 Å². The van der Waals surface area contributed by atoms with E-state index in [1.165, 1.54) is 5.56 Å². The lowest BCUT2D eigenvalue weighted by Crippen LogP contribution is -2.23. The molecule has 4 rings (SSSR count). The molecule has 0 saturated carbocycles. The molecule has 7 heteroatoms. The summed E-state index contributed by atoms with van der Waals surface area (Å²) in [5, 5.41) is 15.1. The van der Waals surface area contributed by atoms with E-state index in [2.05, 4.69) is 57.0 Å². The first-order valence-electron chi connectivity index (χ1n) is 10.7. The van der Waals surface area contributed by atoms with Gasteiger partial charge >= 0.3 is 0 Å². The highest BCUT2D eigenvalue weighted by Gasteiger charge is 2.14. The third-order valence-electron chi connectivity index (χ3n) is 5.43. The second-order valence-electron chi connectivity index (χ2n) is 7.87. The van der Waals surface area contributed by atoms with Crippen LogP contribution in [0, 0.1) is 20.8 Å². The molecule has 0 spiro atoms. The molecule has 0 bridgehead atoms. The largest absolute Gasteiger partial charge is 0.348 e. The van der Waals surface area contributed by atoms with E-state index in [4.69, 9.17) is 0 Å². The van der Waals surface area contributed by atoms with E-state index in [9.17, 15) is 4.79 Å². The predicted molar refractivity (Wildman–Crippen MR) is 124 cm³/mol. The van der Waals surface area contributed by atoms with Crippen molar-refractivity contribution in [2.45, 2.75) is 40.7 Å². The van der Waals surface area contributed by atoms with Gasteiger partial charge in [0.25, 0.3) is 5.91 Å². The quantitative estimate of drug-likeness (QED) is 0.501. The molecule has 1 N–H and O–H groups in total.